The number of hydrogen-bond acceptors (Lipinski definition) is 6. The van der Waals surface area contributed by atoms with E-state index in [1.54, 1.807) is 0 Å². The molecule has 1 atom stereocenters. The van der Waals surface area contributed by atoms with E-state index in [2.05, 4.69) is 81.5 Å². The molecule has 0 rings (SSSR count). The molecular weight excluding hydrogens is 985 g/mol. The minimum atomic E-state index is -0.782. The summed E-state index contributed by atoms with van der Waals surface area (Å²) in [5, 5.41) is 0. The first-order valence-corrected chi connectivity index (χ1v) is 35.3. The van der Waals surface area contributed by atoms with Gasteiger partial charge < -0.3 is 14.2 Å². The summed E-state index contributed by atoms with van der Waals surface area (Å²) in [6.45, 7) is 6.67. The molecule has 0 aromatic rings. The van der Waals surface area contributed by atoms with Crippen LogP contribution < -0.4 is 0 Å². The van der Waals surface area contributed by atoms with Crippen LogP contribution in [-0.2, 0) is 28.6 Å². The third-order valence-corrected chi connectivity index (χ3v) is 15.7. The molecule has 0 bridgehead atoms. The van der Waals surface area contributed by atoms with Crippen molar-refractivity contribution in [3.63, 3.8) is 0 Å². The highest BCUT2D eigenvalue weighted by Crippen LogP contribution is 2.17. The third kappa shape index (κ3) is 65.9. The van der Waals surface area contributed by atoms with Crippen LogP contribution in [0, 0.1) is 0 Å². The Morgan fingerprint density at radius 3 is 0.713 bits per heavy atom. The van der Waals surface area contributed by atoms with Crippen molar-refractivity contribution in [1.82, 2.24) is 0 Å². The van der Waals surface area contributed by atoms with Crippen LogP contribution >= 0.6 is 0 Å². The van der Waals surface area contributed by atoms with Crippen LogP contribution in [0.5, 0.6) is 0 Å². The number of ether oxygens (including phenoxy) is 3. The van der Waals surface area contributed by atoms with Gasteiger partial charge in [-0.05, 0) is 109 Å². The third-order valence-electron chi connectivity index (χ3n) is 15.7. The molecule has 0 spiro atoms. The molecule has 0 aliphatic carbocycles. The highest BCUT2D eigenvalue weighted by Gasteiger charge is 2.19. The maximum Gasteiger partial charge on any atom is 0.306 e. The zero-order chi connectivity index (χ0) is 57.8. The number of carbonyl (C=O) groups is 3. The van der Waals surface area contributed by atoms with Gasteiger partial charge in [-0.15, -0.1) is 0 Å². The first-order valence-electron chi connectivity index (χ1n) is 35.3. The summed E-state index contributed by atoms with van der Waals surface area (Å²) >= 11 is 0. The molecular formula is C74H134O6. The van der Waals surface area contributed by atoms with E-state index >= 15 is 0 Å². The summed E-state index contributed by atoms with van der Waals surface area (Å²) in [6, 6.07) is 0. The smallest absolute Gasteiger partial charge is 0.306 e. The average molecular weight is 1120 g/mol. The summed E-state index contributed by atoms with van der Waals surface area (Å²) in [4.78, 5) is 38.5. The Hall–Kier alpha value is -2.89. The van der Waals surface area contributed by atoms with Gasteiger partial charge in [-0.1, -0.05) is 306 Å². The van der Waals surface area contributed by atoms with Crippen molar-refractivity contribution >= 4 is 17.9 Å². The predicted octanol–water partition coefficient (Wildman–Crippen LogP) is 24.3. The largest absolute Gasteiger partial charge is 0.462 e. The van der Waals surface area contributed by atoms with Crippen molar-refractivity contribution in [2.24, 2.45) is 0 Å². The van der Waals surface area contributed by atoms with Crippen molar-refractivity contribution in [3.05, 3.63) is 60.8 Å². The van der Waals surface area contributed by atoms with Gasteiger partial charge in [0.1, 0.15) is 13.2 Å². The lowest BCUT2D eigenvalue weighted by atomic mass is 10.0. The van der Waals surface area contributed by atoms with Crippen LogP contribution in [-0.4, -0.2) is 37.2 Å². The first kappa shape index (κ1) is 77.1. The number of allylic oxidation sites excluding steroid dienone is 10. The average Bonchev–Trinajstić information content (AvgIpc) is 3.46. The van der Waals surface area contributed by atoms with E-state index in [-0.39, 0.29) is 31.1 Å². The molecule has 6 nitrogen and oxygen atoms in total. The van der Waals surface area contributed by atoms with Crippen LogP contribution in [0.3, 0.4) is 0 Å². The quantitative estimate of drug-likeness (QED) is 0.0261. The highest BCUT2D eigenvalue weighted by atomic mass is 16.6. The minimum absolute atomic E-state index is 0.0774. The van der Waals surface area contributed by atoms with Crippen LogP contribution in [0.4, 0.5) is 0 Å². The second kappa shape index (κ2) is 68.6. The van der Waals surface area contributed by atoms with Gasteiger partial charge in [0.15, 0.2) is 6.10 Å². The van der Waals surface area contributed by atoms with Gasteiger partial charge in [-0.2, -0.15) is 0 Å². The summed E-state index contributed by atoms with van der Waals surface area (Å²) < 4.78 is 17.0. The maximum absolute atomic E-state index is 13.0. The molecule has 0 N–H and O–H groups in total. The Labute approximate surface area is 498 Å². The van der Waals surface area contributed by atoms with E-state index < -0.39 is 6.10 Å². The molecule has 0 amide bonds. The molecule has 0 heterocycles. The van der Waals surface area contributed by atoms with E-state index in [1.807, 2.05) is 0 Å². The second-order valence-corrected chi connectivity index (χ2v) is 23.8. The summed E-state index contributed by atoms with van der Waals surface area (Å²) in [5.74, 6) is -0.869. The normalized spacial score (nSPS) is 12.4. The van der Waals surface area contributed by atoms with Crippen molar-refractivity contribution < 1.29 is 28.6 Å². The fraction of sp³-hybridized carbons (Fsp3) is 0.824. The van der Waals surface area contributed by atoms with E-state index in [0.717, 1.165) is 77.0 Å². The van der Waals surface area contributed by atoms with Gasteiger partial charge in [0.25, 0.3) is 0 Å². The Balaban J connectivity index is 4.33. The minimum Gasteiger partial charge on any atom is -0.462 e. The second-order valence-electron chi connectivity index (χ2n) is 23.8. The van der Waals surface area contributed by atoms with Crippen molar-refractivity contribution in [2.75, 3.05) is 13.2 Å². The molecule has 0 radical (unpaired) electrons. The Kier molecular flexibility index (Phi) is 66.1. The zero-order valence-electron chi connectivity index (χ0n) is 53.6. The van der Waals surface area contributed by atoms with Gasteiger partial charge in [0, 0.05) is 19.3 Å². The number of rotatable bonds is 65. The molecule has 0 saturated carbocycles. The molecule has 0 aliphatic heterocycles. The van der Waals surface area contributed by atoms with E-state index in [4.69, 9.17) is 14.2 Å². The van der Waals surface area contributed by atoms with Crippen LogP contribution in [0.2, 0.25) is 0 Å². The van der Waals surface area contributed by atoms with Crippen LogP contribution in [0.25, 0.3) is 0 Å². The monoisotopic (exact) mass is 1120 g/mol. The van der Waals surface area contributed by atoms with Gasteiger partial charge in [-0.25, -0.2) is 0 Å². The van der Waals surface area contributed by atoms with Crippen molar-refractivity contribution in [3.8, 4) is 0 Å². The summed E-state index contributed by atoms with van der Waals surface area (Å²) in [5.41, 5.74) is 0. The lowest BCUT2D eigenvalue weighted by Crippen LogP contribution is -2.30. The van der Waals surface area contributed by atoms with Gasteiger partial charge in [0.2, 0.25) is 0 Å². The van der Waals surface area contributed by atoms with Gasteiger partial charge in [0.05, 0.1) is 0 Å². The fourth-order valence-corrected chi connectivity index (χ4v) is 10.4. The molecule has 0 fully saturated rings. The predicted molar refractivity (Wildman–Crippen MR) is 348 cm³/mol. The standard InChI is InChI=1S/C74H134O6/c1-4-7-10-13-16-19-22-25-28-31-33-35-36-37-38-40-41-43-46-49-52-55-58-61-64-67-73(76)79-70-71(69-78-72(75)66-63-60-57-54-51-48-45-30-27-24-21-18-15-12-9-6-3)80-74(77)68-65-62-59-56-53-50-47-44-42-39-34-32-29-26-23-20-17-14-11-8-5-2/h22,25,30-34,36-37,45,71H,4-21,23-24,26-29,35,38-44,46-70H2,1-3H3/b25-22-,33-31-,34-32-,37-36-,45-30-. The molecule has 6 heteroatoms. The Morgan fingerprint density at radius 2 is 0.450 bits per heavy atom. The lowest BCUT2D eigenvalue weighted by molar-refractivity contribution is -0.167. The molecule has 0 aromatic carbocycles. The first-order chi connectivity index (χ1) is 39.5. The topological polar surface area (TPSA) is 78.9 Å². The summed E-state index contributed by atoms with van der Waals surface area (Å²) in [7, 11) is 0. The Morgan fingerprint density at radius 1 is 0.250 bits per heavy atom. The Bertz CT molecular complexity index is 1430. The van der Waals surface area contributed by atoms with E-state index in [0.29, 0.717) is 19.3 Å². The number of unbranched alkanes of at least 4 members (excludes halogenated alkanes) is 44. The fourth-order valence-electron chi connectivity index (χ4n) is 10.4. The molecule has 0 saturated heterocycles. The summed E-state index contributed by atoms with van der Waals surface area (Å²) in [6.07, 6.45) is 88.1. The number of carbonyl (C=O) groups excluding carboxylic acids is 3. The maximum atomic E-state index is 13.0. The van der Waals surface area contributed by atoms with Crippen LogP contribution in [0.15, 0.2) is 60.8 Å². The molecule has 0 aromatic heterocycles. The zero-order valence-corrected chi connectivity index (χ0v) is 53.6. The highest BCUT2D eigenvalue weighted by molar-refractivity contribution is 5.71. The van der Waals surface area contributed by atoms with Gasteiger partial charge in [-0.3, -0.25) is 14.4 Å². The number of hydrogen-bond donors (Lipinski definition) is 0. The molecule has 0 aliphatic rings. The van der Waals surface area contributed by atoms with E-state index in [1.165, 1.54) is 257 Å². The molecule has 80 heavy (non-hydrogen) atoms. The van der Waals surface area contributed by atoms with Crippen molar-refractivity contribution in [2.45, 2.75) is 380 Å². The molecule has 1 unspecified atom stereocenters. The number of esters is 3. The van der Waals surface area contributed by atoms with E-state index in [9.17, 15) is 14.4 Å². The SMILES string of the molecule is CCCCCCC/C=C\C/C=C\C/C=C\CCCCCCCCCCCCC(=O)OCC(COC(=O)CCCCCCC/C=C\CCCCCCCCC)OC(=O)CCCCCCCCCCC/C=C\CCCCCCCCCC. The molecule has 466 valence electrons. The van der Waals surface area contributed by atoms with Crippen LogP contribution in [0.1, 0.15) is 374 Å². The lowest BCUT2D eigenvalue weighted by Gasteiger charge is -2.18. The van der Waals surface area contributed by atoms with Crippen molar-refractivity contribution in [1.29, 1.82) is 0 Å². The van der Waals surface area contributed by atoms with Gasteiger partial charge >= 0.3 is 17.9 Å².